The van der Waals surface area contributed by atoms with Gasteiger partial charge in [0.05, 0.1) is 16.8 Å². The lowest BCUT2D eigenvalue weighted by atomic mass is 9.94. The van der Waals surface area contributed by atoms with Gasteiger partial charge in [-0.3, -0.25) is 9.48 Å². The molecule has 3 rings (SSSR count). The predicted octanol–water partition coefficient (Wildman–Crippen LogP) is 1.88. The lowest BCUT2D eigenvalue weighted by molar-refractivity contribution is -0.0116. The number of carbonyl (C=O) groups is 1. The van der Waals surface area contributed by atoms with Crippen LogP contribution in [0.5, 0.6) is 0 Å². The first-order chi connectivity index (χ1) is 9.52. The van der Waals surface area contributed by atoms with Gasteiger partial charge >= 0.3 is 0 Å². The van der Waals surface area contributed by atoms with Crippen molar-refractivity contribution in [1.29, 1.82) is 0 Å². The third kappa shape index (κ3) is 2.04. The summed E-state index contributed by atoms with van der Waals surface area (Å²) in [7, 11) is 3.54. The van der Waals surface area contributed by atoms with Crippen LogP contribution in [0.4, 0.5) is 0 Å². The van der Waals surface area contributed by atoms with Crippen LogP contribution in [-0.2, 0) is 11.8 Å². The van der Waals surface area contributed by atoms with Crippen molar-refractivity contribution in [2.24, 2.45) is 18.9 Å². The summed E-state index contributed by atoms with van der Waals surface area (Å²) in [4.78, 5) is 14.6. The molecule has 1 saturated heterocycles. The molecule has 1 aliphatic carbocycles. The minimum absolute atomic E-state index is 0.00967. The number of aromatic nitrogens is 2. The fourth-order valence-corrected chi connectivity index (χ4v) is 3.98. The molecule has 1 unspecified atom stereocenters. The van der Waals surface area contributed by atoms with Crippen LogP contribution in [0.1, 0.15) is 29.0 Å². The number of nitrogens with zero attached hydrogens (tertiary/aromatic N) is 3. The molecule has 5 nitrogen and oxygen atoms in total. The van der Waals surface area contributed by atoms with E-state index in [1.807, 2.05) is 11.8 Å². The summed E-state index contributed by atoms with van der Waals surface area (Å²) in [5, 5.41) is 4.69. The molecule has 1 aromatic heterocycles. The van der Waals surface area contributed by atoms with Gasteiger partial charge in [0.25, 0.3) is 5.91 Å². The van der Waals surface area contributed by atoms with Crippen LogP contribution in [0.25, 0.3) is 0 Å². The Hall–Kier alpha value is -1.07. The van der Waals surface area contributed by atoms with E-state index in [9.17, 15) is 4.79 Å². The Morgan fingerprint density at radius 2 is 1.95 bits per heavy atom. The zero-order valence-corrected chi connectivity index (χ0v) is 12.9. The van der Waals surface area contributed by atoms with Crippen LogP contribution in [-0.4, -0.2) is 46.9 Å². The Balaban J connectivity index is 1.83. The lowest BCUT2D eigenvalue weighted by Gasteiger charge is -2.37. The van der Waals surface area contributed by atoms with Gasteiger partial charge in [-0.05, 0) is 19.8 Å². The molecule has 2 aliphatic rings. The highest BCUT2D eigenvalue weighted by molar-refractivity contribution is 6.34. The summed E-state index contributed by atoms with van der Waals surface area (Å²) in [6, 6.07) is 0. The van der Waals surface area contributed by atoms with Gasteiger partial charge in [0.2, 0.25) is 0 Å². The Bertz CT molecular complexity index is 529. The molecule has 2 heterocycles. The molecule has 6 heteroatoms. The van der Waals surface area contributed by atoms with Gasteiger partial charge in [0.1, 0.15) is 5.69 Å². The number of carbonyl (C=O) groups excluding carboxylic acids is 1. The van der Waals surface area contributed by atoms with Crippen LogP contribution < -0.4 is 0 Å². The maximum atomic E-state index is 12.7. The standard InChI is InChI=1S/C14H20ClN3O2/c1-8-11(15)12(17(2)16-8)14(19)18-6-9-4-5-10(7-18)13(9)20-3/h9-10,13H,4-7H2,1-3H3/t9-,10+,13?. The molecule has 2 fully saturated rings. The van der Waals surface area contributed by atoms with Crippen molar-refractivity contribution in [3.63, 3.8) is 0 Å². The first-order valence-corrected chi connectivity index (χ1v) is 7.42. The normalized spacial score (nSPS) is 29.0. The van der Waals surface area contributed by atoms with Crippen LogP contribution in [0.3, 0.4) is 0 Å². The molecule has 0 N–H and O–H groups in total. The minimum Gasteiger partial charge on any atom is -0.381 e. The summed E-state index contributed by atoms with van der Waals surface area (Å²) < 4.78 is 7.17. The summed E-state index contributed by atoms with van der Waals surface area (Å²) in [5.41, 5.74) is 1.20. The highest BCUT2D eigenvalue weighted by atomic mass is 35.5. The summed E-state index contributed by atoms with van der Waals surface area (Å²) >= 11 is 6.22. The molecule has 20 heavy (non-hydrogen) atoms. The fraction of sp³-hybridized carbons (Fsp3) is 0.714. The van der Waals surface area contributed by atoms with Gasteiger partial charge in [-0.1, -0.05) is 11.6 Å². The first-order valence-electron chi connectivity index (χ1n) is 7.04. The average molecular weight is 298 g/mol. The molecule has 3 atom stereocenters. The van der Waals surface area contributed by atoms with Crippen LogP contribution in [0, 0.1) is 18.8 Å². The number of fused-ring (bicyclic) bond motifs is 2. The van der Waals surface area contributed by atoms with E-state index in [0.717, 1.165) is 25.9 Å². The molecule has 0 radical (unpaired) electrons. The second-order valence-corrected chi connectivity index (χ2v) is 6.26. The van der Waals surface area contributed by atoms with E-state index < -0.39 is 0 Å². The minimum atomic E-state index is -0.00967. The molecule has 2 bridgehead atoms. The number of amides is 1. The topological polar surface area (TPSA) is 47.4 Å². The Morgan fingerprint density at radius 3 is 2.40 bits per heavy atom. The molecule has 0 aromatic carbocycles. The molecule has 110 valence electrons. The molecule has 1 amide bonds. The van der Waals surface area contributed by atoms with E-state index in [0.29, 0.717) is 34.4 Å². The van der Waals surface area contributed by atoms with E-state index in [2.05, 4.69) is 5.10 Å². The number of likely N-dealkylation sites (tertiary alicyclic amines) is 1. The van der Waals surface area contributed by atoms with Crippen LogP contribution in [0.2, 0.25) is 5.02 Å². The van der Waals surface area contributed by atoms with Gasteiger partial charge in [-0.2, -0.15) is 5.10 Å². The van der Waals surface area contributed by atoms with Crippen molar-refractivity contribution in [3.05, 3.63) is 16.4 Å². The quantitative estimate of drug-likeness (QED) is 0.837. The summed E-state index contributed by atoms with van der Waals surface area (Å²) in [5.74, 6) is 0.899. The monoisotopic (exact) mass is 297 g/mol. The zero-order chi connectivity index (χ0) is 14.4. The molecular formula is C14H20ClN3O2. The Morgan fingerprint density at radius 1 is 1.35 bits per heavy atom. The van der Waals surface area contributed by atoms with Gasteiger partial charge in [0, 0.05) is 39.1 Å². The third-order valence-electron chi connectivity index (χ3n) is 4.66. The zero-order valence-electron chi connectivity index (χ0n) is 12.1. The van der Waals surface area contributed by atoms with Crippen molar-refractivity contribution in [3.8, 4) is 0 Å². The largest absolute Gasteiger partial charge is 0.381 e. The van der Waals surface area contributed by atoms with Crippen molar-refractivity contribution >= 4 is 17.5 Å². The highest BCUT2D eigenvalue weighted by Crippen LogP contribution is 2.39. The number of ether oxygens (including phenoxy) is 1. The van der Waals surface area contributed by atoms with E-state index >= 15 is 0 Å². The second kappa shape index (κ2) is 5.04. The average Bonchev–Trinajstić information content (AvgIpc) is 2.81. The van der Waals surface area contributed by atoms with Crippen molar-refractivity contribution in [1.82, 2.24) is 14.7 Å². The van der Waals surface area contributed by atoms with Gasteiger partial charge < -0.3 is 9.64 Å². The number of rotatable bonds is 2. The number of halogens is 1. The number of methoxy groups -OCH3 is 1. The third-order valence-corrected chi connectivity index (χ3v) is 5.11. The number of piperidine rings is 1. The van der Waals surface area contributed by atoms with Crippen LogP contribution >= 0.6 is 11.6 Å². The van der Waals surface area contributed by atoms with Crippen LogP contribution in [0.15, 0.2) is 0 Å². The number of hydrogen-bond donors (Lipinski definition) is 0. The molecule has 0 spiro atoms. The molecule has 1 saturated carbocycles. The summed E-state index contributed by atoms with van der Waals surface area (Å²) in [6.07, 6.45) is 2.60. The lowest BCUT2D eigenvalue weighted by Crippen LogP contribution is -2.48. The predicted molar refractivity (Wildman–Crippen MR) is 75.9 cm³/mol. The van der Waals surface area contributed by atoms with Gasteiger partial charge in [-0.25, -0.2) is 0 Å². The first kappa shape index (κ1) is 13.9. The van der Waals surface area contributed by atoms with E-state index in [1.54, 1.807) is 18.8 Å². The maximum absolute atomic E-state index is 12.7. The fourth-order valence-electron chi connectivity index (χ4n) is 3.74. The number of hydrogen-bond acceptors (Lipinski definition) is 3. The second-order valence-electron chi connectivity index (χ2n) is 5.88. The Kier molecular flexibility index (Phi) is 3.50. The number of aryl methyl sites for hydroxylation is 2. The Labute approximate surface area is 123 Å². The van der Waals surface area contributed by atoms with E-state index in [4.69, 9.17) is 16.3 Å². The molecule has 1 aliphatic heterocycles. The summed E-state index contributed by atoms with van der Waals surface area (Å²) in [6.45, 7) is 3.34. The van der Waals surface area contributed by atoms with E-state index in [-0.39, 0.29) is 5.91 Å². The van der Waals surface area contributed by atoms with Crippen molar-refractivity contribution < 1.29 is 9.53 Å². The highest BCUT2D eigenvalue weighted by Gasteiger charge is 2.44. The van der Waals surface area contributed by atoms with E-state index in [1.165, 1.54) is 0 Å². The van der Waals surface area contributed by atoms with Gasteiger partial charge in [0.15, 0.2) is 0 Å². The van der Waals surface area contributed by atoms with Gasteiger partial charge in [-0.15, -0.1) is 0 Å². The van der Waals surface area contributed by atoms with Crippen molar-refractivity contribution in [2.75, 3.05) is 20.2 Å². The SMILES string of the molecule is COC1[C@@H]2CC[C@H]1CN(C(=O)c1c(Cl)c(C)nn1C)C2. The molecule has 1 aromatic rings. The maximum Gasteiger partial charge on any atom is 0.273 e. The smallest absolute Gasteiger partial charge is 0.273 e. The molecular weight excluding hydrogens is 278 g/mol. The van der Waals surface area contributed by atoms with Crippen molar-refractivity contribution in [2.45, 2.75) is 25.9 Å².